The topological polar surface area (TPSA) is 55.1 Å². The lowest BCUT2D eigenvalue weighted by atomic mass is 10.0. The number of primary amides is 1. The molecule has 2 rings (SSSR count). The average Bonchev–Trinajstić information content (AvgIpc) is 2.59. The minimum absolute atomic E-state index is 0.0575. The van der Waals surface area contributed by atoms with E-state index in [1.165, 1.54) is 16.7 Å². The van der Waals surface area contributed by atoms with Crippen molar-refractivity contribution in [2.45, 2.75) is 26.2 Å². The number of hydrogen-bond donors (Lipinski definition) is 2. The highest BCUT2D eigenvalue weighted by Crippen LogP contribution is 2.22. The number of rotatable bonds is 9. The Bertz CT molecular complexity index is 638. The Morgan fingerprint density at radius 1 is 1.04 bits per heavy atom. The van der Waals surface area contributed by atoms with E-state index < -0.39 is 0 Å². The maximum absolute atomic E-state index is 10.9. The zero-order valence-corrected chi connectivity index (χ0v) is 14.9. The Morgan fingerprint density at radius 3 is 2.21 bits per heavy atom. The first-order chi connectivity index (χ1) is 11.6. The second-order valence-electron chi connectivity index (χ2n) is 6.15. The van der Waals surface area contributed by atoms with Crippen molar-refractivity contribution in [1.29, 1.82) is 0 Å². The van der Waals surface area contributed by atoms with Gasteiger partial charge in [0.1, 0.15) is 0 Å². The van der Waals surface area contributed by atoms with Gasteiger partial charge in [0.25, 0.3) is 0 Å². The molecule has 0 radical (unpaired) electrons. The maximum Gasteiger partial charge on any atom is 0.220 e. The van der Waals surface area contributed by atoms with Crippen molar-refractivity contribution in [1.82, 2.24) is 5.32 Å². The summed E-state index contributed by atoms with van der Waals surface area (Å²) in [5, 5.41) is 4.12. The summed E-state index contributed by atoms with van der Waals surface area (Å²) in [6.45, 7) is 3.65. The molecular formula is C20H25ClN2O. The summed E-state index contributed by atoms with van der Waals surface area (Å²) in [7, 11) is 0. The standard InChI is InChI=1S/C20H25ClN2O/c1-15(20(22)24)12-14-23-13-2-3-16-4-6-17(7-5-16)18-8-10-19(21)11-9-18/h4-11,15,23H,2-3,12-14H2,1H3,(H2,22,24). The average molecular weight is 345 g/mol. The normalized spacial score (nSPS) is 12.1. The monoisotopic (exact) mass is 344 g/mol. The predicted molar refractivity (Wildman–Crippen MR) is 101 cm³/mol. The van der Waals surface area contributed by atoms with Gasteiger partial charge >= 0.3 is 0 Å². The van der Waals surface area contributed by atoms with Crippen LogP contribution in [0.5, 0.6) is 0 Å². The van der Waals surface area contributed by atoms with Crippen molar-refractivity contribution < 1.29 is 4.79 Å². The smallest absolute Gasteiger partial charge is 0.220 e. The molecule has 0 aliphatic heterocycles. The van der Waals surface area contributed by atoms with Gasteiger partial charge in [0.05, 0.1) is 0 Å². The minimum atomic E-state index is -0.224. The maximum atomic E-state index is 10.9. The zero-order valence-electron chi connectivity index (χ0n) is 14.1. The van der Waals surface area contributed by atoms with Crippen molar-refractivity contribution in [2.24, 2.45) is 11.7 Å². The van der Waals surface area contributed by atoms with E-state index in [-0.39, 0.29) is 11.8 Å². The van der Waals surface area contributed by atoms with Crippen LogP contribution in [0.3, 0.4) is 0 Å². The number of hydrogen-bond acceptors (Lipinski definition) is 2. The molecule has 1 atom stereocenters. The first-order valence-corrected chi connectivity index (χ1v) is 8.79. The molecule has 1 unspecified atom stereocenters. The van der Waals surface area contributed by atoms with Crippen LogP contribution in [0.4, 0.5) is 0 Å². The number of nitrogens with one attached hydrogen (secondary N) is 1. The van der Waals surface area contributed by atoms with Gasteiger partial charge in [-0.3, -0.25) is 4.79 Å². The number of aryl methyl sites for hydroxylation is 1. The summed E-state index contributed by atoms with van der Waals surface area (Å²) in [5.41, 5.74) is 8.95. The number of nitrogens with two attached hydrogens (primary N) is 1. The fourth-order valence-corrected chi connectivity index (χ4v) is 2.64. The Morgan fingerprint density at radius 2 is 1.62 bits per heavy atom. The van der Waals surface area contributed by atoms with E-state index in [0.717, 1.165) is 37.4 Å². The van der Waals surface area contributed by atoms with Crippen molar-refractivity contribution in [3.05, 3.63) is 59.1 Å². The van der Waals surface area contributed by atoms with Gasteiger partial charge in [0, 0.05) is 10.9 Å². The van der Waals surface area contributed by atoms with Crippen LogP contribution in [-0.2, 0) is 11.2 Å². The highest BCUT2D eigenvalue weighted by molar-refractivity contribution is 6.30. The van der Waals surface area contributed by atoms with Crippen LogP contribution in [-0.4, -0.2) is 19.0 Å². The highest BCUT2D eigenvalue weighted by atomic mass is 35.5. The van der Waals surface area contributed by atoms with E-state index in [1.54, 1.807) is 0 Å². The third kappa shape index (κ3) is 5.99. The minimum Gasteiger partial charge on any atom is -0.369 e. The molecular weight excluding hydrogens is 320 g/mol. The summed E-state index contributed by atoms with van der Waals surface area (Å²) < 4.78 is 0. The van der Waals surface area contributed by atoms with E-state index in [2.05, 4.69) is 29.6 Å². The van der Waals surface area contributed by atoms with Crippen LogP contribution in [0.1, 0.15) is 25.3 Å². The fraction of sp³-hybridized carbons (Fsp3) is 0.350. The Labute approximate surface area is 149 Å². The molecule has 0 aliphatic carbocycles. The molecule has 0 saturated heterocycles. The van der Waals surface area contributed by atoms with Gasteiger partial charge in [-0.15, -0.1) is 0 Å². The molecule has 128 valence electrons. The van der Waals surface area contributed by atoms with Crippen molar-refractivity contribution >= 4 is 17.5 Å². The molecule has 3 N–H and O–H groups in total. The molecule has 4 heteroatoms. The summed E-state index contributed by atoms with van der Waals surface area (Å²) in [4.78, 5) is 10.9. The summed E-state index contributed by atoms with van der Waals surface area (Å²) >= 11 is 5.92. The molecule has 0 fully saturated rings. The summed E-state index contributed by atoms with van der Waals surface area (Å²) in [6, 6.07) is 16.6. The van der Waals surface area contributed by atoms with E-state index in [0.29, 0.717) is 0 Å². The van der Waals surface area contributed by atoms with Gasteiger partial charge in [0.2, 0.25) is 5.91 Å². The lowest BCUT2D eigenvalue weighted by Crippen LogP contribution is -2.26. The van der Waals surface area contributed by atoms with Crippen molar-refractivity contribution in [2.75, 3.05) is 13.1 Å². The van der Waals surface area contributed by atoms with Crippen LogP contribution in [0.15, 0.2) is 48.5 Å². The predicted octanol–water partition coefficient (Wildman–Crippen LogP) is 4.04. The largest absolute Gasteiger partial charge is 0.369 e. The van der Waals surface area contributed by atoms with Crippen LogP contribution in [0.2, 0.25) is 5.02 Å². The number of halogens is 1. The number of benzene rings is 2. The van der Waals surface area contributed by atoms with Crippen LogP contribution < -0.4 is 11.1 Å². The van der Waals surface area contributed by atoms with Crippen molar-refractivity contribution in [3.63, 3.8) is 0 Å². The SMILES string of the molecule is CC(CCNCCCc1ccc(-c2ccc(Cl)cc2)cc1)C(N)=O. The van der Waals surface area contributed by atoms with Crippen molar-refractivity contribution in [3.8, 4) is 11.1 Å². The third-order valence-electron chi connectivity index (χ3n) is 4.19. The fourth-order valence-electron chi connectivity index (χ4n) is 2.51. The second-order valence-corrected chi connectivity index (χ2v) is 6.59. The van der Waals surface area contributed by atoms with Crippen LogP contribution >= 0.6 is 11.6 Å². The Kier molecular flexibility index (Phi) is 7.29. The molecule has 0 heterocycles. The van der Waals surface area contributed by atoms with Gasteiger partial charge in [-0.25, -0.2) is 0 Å². The van der Waals surface area contributed by atoms with Crippen LogP contribution in [0, 0.1) is 5.92 Å². The Balaban J connectivity index is 1.70. The van der Waals surface area contributed by atoms with E-state index in [9.17, 15) is 4.79 Å². The van der Waals surface area contributed by atoms with Crippen LogP contribution in [0.25, 0.3) is 11.1 Å². The van der Waals surface area contributed by atoms with Gasteiger partial charge < -0.3 is 11.1 Å². The number of amides is 1. The Hall–Kier alpha value is -1.84. The molecule has 2 aromatic rings. The first kappa shape index (κ1) is 18.5. The number of carbonyl (C=O) groups is 1. The molecule has 0 spiro atoms. The molecule has 0 saturated carbocycles. The number of carbonyl (C=O) groups excluding carboxylic acids is 1. The first-order valence-electron chi connectivity index (χ1n) is 8.41. The van der Waals surface area contributed by atoms with E-state index in [1.807, 2.05) is 31.2 Å². The zero-order chi connectivity index (χ0) is 17.4. The molecule has 0 bridgehead atoms. The summed E-state index contributed by atoms with van der Waals surface area (Å²) in [5.74, 6) is -0.282. The van der Waals surface area contributed by atoms with E-state index >= 15 is 0 Å². The third-order valence-corrected chi connectivity index (χ3v) is 4.44. The van der Waals surface area contributed by atoms with Gasteiger partial charge in [-0.05, 0) is 61.2 Å². The lowest BCUT2D eigenvalue weighted by molar-refractivity contribution is -0.121. The van der Waals surface area contributed by atoms with E-state index in [4.69, 9.17) is 17.3 Å². The van der Waals surface area contributed by atoms with Gasteiger partial charge in [-0.1, -0.05) is 54.9 Å². The second kappa shape index (κ2) is 9.45. The molecule has 0 aromatic heterocycles. The quantitative estimate of drug-likeness (QED) is 0.674. The summed E-state index contributed by atoms with van der Waals surface area (Å²) in [6.07, 6.45) is 2.91. The molecule has 24 heavy (non-hydrogen) atoms. The highest BCUT2D eigenvalue weighted by Gasteiger charge is 2.06. The molecule has 2 aromatic carbocycles. The molecule has 0 aliphatic rings. The van der Waals surface area contributed by atoms with Gasteiger partial charge in [0.15, 0.2) is 0 Å². The molecule has 1 amide bonds. The molecule has 3 nitrogen and oxygen atoms in total. The lowest BCUT2D eigenvalue weighted by Gasteiger charge is -2.08. The van der Waals surface area contributed by atoms with Gasteiger partial charge in [-0.2, -0.15) is 0 Å².